The summed E-state index contributed by atoms with van der Waals surface area (Å²) in [4.78, 5) is 10.5. The third kappa shape index (κ3) is 1.86. The van der Waals surface area contributed by atoms with Crippen molar-refractivity contribution in [3.8, 4) is 0 Å². The number of methoxy groups -OCH3 is 1. The normalized spacial score (nSPS) is 43.6. The van der Waals surface area contributed by atoms with Gasteiger partial charge in [-0.15, -0.1) is 0 Å². The molecule has 14 heavy (non-hydrogen) atoms. The standard InChI is InChI=1S/C7H12O7/c1-13-7-4(10)2(8)3(9)5(14-7)6(11)12/h2-5,7-10H,1H3,(H,11,12)/t2-,3-,4+,5?,7-/m0/s1. The summed E-state index contributed by atoms with van der Waals surface area (Å²) in [5.41, 5.74) is 0. The lowest BCUT2D eigenvalue weighted by Crippen LogP contribution is -2.60. The average Bonchev–Trinajstić information content (AvgIpc) is 2.14. The van der Waals surface area contributed by atoms with E-state index in [1.807, 2.05) is 0 Å². The maximum Gasteiger partial charge on any atom is 0.335 e. The zero-order chi connectivity index (χ0) is 10.9. The number of aliphatic carboxylic acids is 1. The van der Waals surface area contributed by atoms with E-state index < -0.39 is 36.7 Å². The zero-order valence-electron chi connectivity index (χ0n) is 7.40. The van der Waals surface area contributed by atoms with Gasteiger partial charge >= 0.3 is 5.97 Å². The molecular weight excluding hydrogens is 196 g/mol. The average molecular weight is 208 g/mol. The van der Waals surface area contributed by atoms with Crippen LogP contribution in [0.1, 0.15) is 0 Å². The van der Waals surface area contributed by atoms with E-state index in [9.17, 15) is 20.1 Å². The molecule has 5 atom stereocenters. The lowest BCUT2D eigenvalue weighted by molar-refractivity contribution is -0.287. The van der Waals surface area contributed by atoms with Crippen LogP contribution in [0.4, 0.5) is 0 Å². The van der Waals surface area contributed by atoms with Gasteiger partial charge < -0.3 is 29.9 Å². The van der Waals surface area contributed by atoms with E-state index in [4.69, 9.17) is 9.84 Å². The molecule has 1 fully saturated rings. The summed E-state index contributed by atoms with van der Waals surface area (Å²) in [5, 5.41) is 36.3. The number of carboxylic acid groups (broad SMARTS) is 1. The Balaban J connectivity index is 2.78. The molecule has 4 N–H and O–H groups in total. The fourth-order valence-corrected chi connectivity index (χ4v) is 1.25. The molecule has 0 spiro atoms. The first-order valence-corrected chi connectivity index (χ1v) is 3.94. The molecule has 0 saturated carbocycles. The minimum Gasteiger partial charge on any atom is -0.479 e. The van der Waals surface area contributed by atoms with Crippen LogP contribution in [0, 0.1) is 0 Å². The first kappa shape index (κ1) is 11.3. The molecule has 82 valence electrons. The molecule has 0 radical (unpaired) electrons. The number of hydrogen-bond donors (Lipinski definition) is 4. The van der Waals surface area contributed by atoms with Gasteiger partial charge in [-0.25, -0.2) is 4.79 Å². The first-order chi connectivity index (χ1) is 6.49. The highest BCUT2D eigenvalue weighted by molar-refractivity contribution is 5.73. The van der Waals surface area contributed by atoms with Gasteiger partial charge in [-0.2, -0.15) is 0 Å². The monoisotopic (exact) mass is 208 g/mol. The predicted molar refractivity (Wildman–Crippen MR) is 41.3 cm³/mol. The Morgan fingerprint density at radius 2 is 1.79 bits per heavy atom. The van der Waals surface area contributed by atoms with Crippen molar-refractivity contribution in [3.05, 3.63) is 0 Å². The van der Waals surface area contributed by atoms with Crippen LogP contribution in [0.3, 0.4) is 0 Å². The van der Waals surface area contributed by atoms with Crippen LogP contribution in [0.15, 0.2) is 0 Å². The highest BCUT2D eigenvalue weighted by atomic mass is 16.7. The van der Waals surface area contributed by atoms with Gasteiger partial charge in [0.15, 0.2) is 12.4 Å². The molecular formula is C7H12O7. The van der Waals surface area contributed by atoms with Crippen molar-refractivity contribution in [3.63, 3.8) is 0 Å². The minimum absolute atomic E-state index is 1.19. The number of aliphatic hydroxyl groups excluding tert-OH is 3. The highest BCUT2D eigenvalue weighted by Gasteiger charge is 2.46. The van der Waals surface area contributed by atoms with Crippen LogP contribution in [0.2, 0.25) is 0 Å². The van der Waals surface area contributed by atoms with E-state index in [1.54, 1.807) is 0 Å². The fourth-order valence-electron chi connectivity index (χ4n) is 1.25. The summed E-state index contributed by atoms with van der Waals surface area (Å²) in [6.45, 7) is 0. The molecule has 0 aromatic heterocycles. The van der Waals surface area contributed by atoms with E-state index in [1.165, 1.54) is 7.11 Å². The topological polar surface area (TPSA) is 116 Å². The number of hydrogen-bond acceptors (Lipinski definition) is 6. The fraction of sp³-hybridized carbons (Fsp3) is 0.857. The Morgan fingerprint density at radius 3 is 2.21 bits per heavy atom. The Hall–Kier alpha value is -0.730. The molecule has 7 nitrogen and oxygen atoms in total. The van der Waals surface area contributed by atoms with Crippen molar-refractivity contribution in [1.82, 2.24) is 0 Å². The van der Waals surface area contributed by atoms with Crippen LogP contribution in [0.5, 0.6) is 0 Å². The molecule has 7 heteroatoms. The Kier molecular flexibility index (Phi) is 3.40. The molecule has 1 saturated heterocycles. The van der Waals surface area contributed by atoms with E-state index in [0.717, 1.165) is 0 Å². The van der Waals surface area contributed by atoms with Crippen molar-refractivity contribution in [2.45, 2.75) is 30.7 Å². The molecule has 1 rings (SSSR count). The van der Waals surface area contributed by atoms with Crippen molar-refractivity contribution >= 4 is 5.97 Å². The second-order valence-electron chi connectivity index (χ2n) is 2.97. The highest BCUT2D eigenvalue weighted by Crippen LogP contribution is 2.21. The van der Waals surface area contributed by atoms with Crippen molar-refractivity contribution < 1.29 is 34.7 Å². The van der Waals surface area contributed by atoms with Gasteiger partial charge in [0, 0.05) is 7.11 Å². The number of aliphatic hydroxyl groups is 3. The molecule has 1 heterocycles. The van der Waals surface area contributed by atoms with Gasteiger partial charge in [-0.05, 0) is 0 Å². The van der Waals surface area contributed by atoms with E-state index in [2.05, 4.69) is 4.74 Å². The van der Waals surface area contributed by atoms with Crippen LogP contribution >= 0.6 is 0 Å². The van der Waals surface area contributed by atoms with Crippen LogP contribution < -0.4 is 0 Å². The molecule has 1 aliphatic rings. The third-order valence-electron chi connectivity index (χ3n) is 2.05. The summed E-state index contributed by atoms with van der Waals surface area (Å²) in [6, 6.07) is 0. The summed E-state index contributed by atoms with van der Waals surface area (Å²) < 4.78 is 9.31. The summed E-state index contributed by atoms with van der Waals surface area (Å²) >= 11 is 0. The van der Waals surface area contributed by atoms with Crippen molar-refractivity contribution in [2.24, 2.45) is 0 Å². The van der Waals surface area contributed by atoms with E-state index in [-0.39, 0.29) is 0 Å². The second kappa shape index (κ2) is 4.20. The number of rotatable bonds is 2. The number of ether oxygens (including phenoxy) is 2. The molecule has 0 aromatic carbocycles. The van der Waals surface area contributed by atoms with Crippen LogP contribution in [0.25, 0.3) is 0 Å². The Bertz CT molecular complexity index is 216. The number of carbonyl (C=O) groups is 1. The molecule has 0 aliphatic carbocycles. The zero-order valence-corrected chi connectivity index (χ0v) is 7.40. The lowest BCUT2D eigenvalue weighted by Gasteiger charge is -2.37. The molecule has 1 unspecified atom stereocenters. The predicted octanol–water partition coefficient (Wildman–Crippen LogP) is -2.47. The molecule has 0 aromatic rings. The summed E-state index contributed by atoms with van der Waals surface area (Å²) in [7, 11) is 1.19. The van der Waals surface area contributed by atoms with Gasteiger partial charge in [-0.3, -0.25) is 0 Å². The van der Waals surface area contributed by atoms with Crippen molar-refractivity contribution in [1.29, 1.82) is 0 Å². The molecule has 0 amide bonds. The number of carboxylic acids is 1. The quantitative estimate of drug-likeness (QED) is 0.397. The minimum atomic E-state index is -1.67. The van der Waals surface area contributed by atoms with Crippen LogP contribution in [-0.4, -0.2) is 64.2 Å². The second-order valence-corrected chi connectivity index (χ2v) is 2.97. The first-order valence-electron chi connectivity index (χ1n) is 3.94. The molecule has 0 bridgehead atoms. The smallest absolute Gasteiger partial charge is 0.335 e. The van der Waals surface area contributed by atoms with E-state index >= 15 is 0 Å². The molecule has 1 aliphatic heterocycles. The largest absolute Gasteiger partial charge is 0.479 e. The van der Waals surface area contributed by atoms with Gasteiger partial charge in [0.25, 0.3) is 0 Å². The van der Waals surface area contributed by atoms with Crippen molar-refractivity contribution in [2.75, 3.05) is 7.11 Å². The third-order valence-corrected chi connectivity index (χ3v) is 2.05. The van der Waals surface area contributed by atoms with Gasteiger partial charge in [0.1, 0.15) is 18.3 Å². The van der Waals surface area contributed by atoms with Gasteiger partial charge in [0.2, 0.25) is 0 Å². The maximum atomic E-state index is 10.5. The SMILES string of the molecule is CO[C@H]1OC(C(=O)O)[C@@H](O)[C@H](O)[C@H]1O. The Morgan fingerprint density at radius 1 is 1.21 bits per heavy atom. The van der Waals surface area contributed by atoms with Gasteiger partial charge in [0.05, 0.1) is 0 Å². The van der Waals surface area contributed by atoms with Gasteiger partial charge in [-0.1, -0.05) is 0 Å². The summed E-state index contributed by atoms with van der Waals surface area (Å²) in [5.74, 6) is -1.43. The Labute approximate surface area is 79.5 Å². The summed E-state index contributed by atoms with van der Waals surface area (Å²) in [6.07, 6.45) is -7.60. The maximum absolute atomic E-state index is 10.5. The van der Waals surface area contributed by atoms with Crippen LogP contribution in [-0.2, 0) is 14.3 Å². The lowest BCUT2D eigenvalue weighted by atomic mass is 9.99. The van der Waals surface area contributed by atoms with E-state index in [0.29, 0.717) is 0 Å².